The lowest BCUT2D eigenvalue weighted by Crippen LogP contribution is -2.44. The average molecular weight is 306 g/mol. The summed E-state index contributed by atoms with van der Waals surface area (Å²) in [7, 11) is 0. The van der Waals surface area contributed by atoms with Crippen LogP contribution in [0.1, 0.15) is 30.3 Å². The number of piperidine rings is 1. The Morgan fingerprint density at radius 1 is 1.47 bits per heavy atom. The highest BCUT2D eigenvalue weighted by Gasteiger charge is 2.21. The summed E-state index contributed by atoms with van der Waals surface area (Å²) in [6, 6.07) is 5.57. The first kappa shape index (κ1) is 18.2. The van der Waals surface area contributed by atoms with Gasteiger partial charge in [-0.25, -0.2) is 0 Å². The Morgan fingerprint density at radius 2 is 2.26 bits per heavy atom. The van der Waals surface area contributed by atoms with Gasteiger partial charge in [-0.2, -0.15) is 0 Å². The van der Waals surface area contributed by atoms with Crippen LogP contribution < -0.4 is 10.6 Å². The van der Waals surface area contributed by atoms with E-state index in [4.69, 9.17) is 0 Å². The van der Waals surface area contributed by atoms with Gasteiger partial charge in [-0.15, -0.1) is 24.8 Å². The van der Waals surface area contributed by atoms with Gasteiger partial charge < -0.3 is 10.6 Å². The topological polar surface area (TPSA) is 54.0 Å². The molecule has 2 N–H and O–H groups in total. The van der Waals surface area contributed by atoms with Crippen LogP contribution in [-0.4, -0.2) is 30.0 Å². The highest BCUT2D eigenvalue weighted by molar-refractivity contribution is 5.92. The van der Waals surface area contributed by atoms with E-state index in [1.54, 1.807) is 12.3 Å². The number of amides is 1. The fourth-order valence-electron chi connectivity index (χ4n) is 2.20. The Labute approximate surface area is 126 Å². The van der Waals surface area contributed by atoms with Gasteiger partial charge in [-0.1, -0.05) is 6.07 Å². The van der Waals surface area contributed by atoms with Gasteiger partial charge in [0.05, 0.1) is 0 Å². The van der Waals surface area contributed by atoms with Crippen molar-refractivity contribution in [3.8, 4) is 0 Å². The highest BCUT2D eigenvalue weighted by atomic mass is 35.5. The largest absolute Gasteiger partial charge is 0.348 e. The first-order chi connectivity index (χ1) is 8.27. The molecule has 0 saturated carbocycles. The molecule has 0 aliphatic carbocycles. The first-order valence-electron chi connectivity index (χ1n) is 6.20. The zero-order chi connectivity index (χ0) is 12.1. The van der Waals surface area contributed by atoms with Crippen molar-refractivity contribution in [1.29, 1.82) is 0 Å². The van der Waals surface area contributed by atoms with E-state index in [0.717, 1.165) is 13.1 Å². The Morgan fingerprint density at radius 3 is 2.84 bits per heavy atom. The fraction of sp³-hybridized carbons (Fsp3) is 0.538. The number of carbonyl (C=O) groups is 1. The van der Waals surface area contributed by atoms with Gasteiger partial charge in [-0.3, -0.25) is 9.78 Å². The minimum atomic E-state index is -0.0799. The van der Waals surface area contributed by atoms with Gasteiger partial charge >= 0.3 is 0 Å². The van der Waals surface area contributed by atoms with E-state index >= 15 is 0 Å². The lowest BCUT2D eigenvalue weighted by molar-refractivity contribution is 0.0917. The highest BCUT2D eigenvalue weighted by Crippen LogP contribution is 2.14. The molecule has 0 aromatic carbocycles. The van der Waals surface area contributed by atoms with Crippen LogP contribution in [0.2, 0.25) is 0 Å². The van der Waals surface area contributed by atoms with E-state index in [0.29, 0.717) is 11.6 Å². The van der Waals surface area contributed by atoms with Crippen LogP contribution in [0.5, 0.6) is 0 Å². The van der Waals surface area contributed by atoms with E-state index in [9.17, 15) is 4.79 Å². The SMILES string of the molecule is CC(NC(=O)c1ccccn1)C1CCCNC1.Cl.Cl. The summed E-state index contributed by atoms with van der Waals surface area (Å²) >= 11 is 0. The summed E-state index contributed by atoms with van der Waals surface area (Å²) in [5.41, 5.74) is 0.489. The molecule has 2 unspecified atom stereocenters. The standard InChI is InChI=1S/C13H19N3O.2ClH/c1-10(11-5-4-7-14-9-11)16-13(17)12-6-2-3-8-15-12;;/h2-3,6,8,10-11,14H,4-5,7,9H2,1H3,(H,16,17);2*1H. The molecule has 2 atom stereocenters. The van der Waals surface area contributed by atoms with Gasteiger partial charge in [-0.05, 0) is 50.9 Å². The molecule has 6 heteroatoms. The number of halogens is 2. The Kier molecular flexibility index (Phi) is 8.72. The zero-order valence-electron chi connectivity index (χ0n) is 11.0. The molecule has 1 aromatic rings. The number of pyridine rings is 1. The number of nitrogens with zero attached hydrogens (tertiary/aromatic N) is 1. The van der Waals surface area contributed by atoms with Crippen molar-refractivity contribution in [2.75, 3.05) is 13.1 Å². The number of aromatic nitrogens is 1. The van der Waals surface area contributed by atoms with Crippen molar-refractivity contribution in [2.24, 2.45) is 5.92 Å². The first-order valence-corrected chi connectivity index (χ1v) is 6.20. The molecule has 1 fully saturated rings. The van der Waals surface area contributed by atoms with Crippen molar-refractivity contribution in [2.45, 2.75) is 25.8 Å². The van der Waals surface area contributed by atoms with Crippen LogP contribution in [-0.2, 0) is 0 Å². The number of nitrogens with one attached hydrogen (secondary N) is 2. The second-order valence-corrected chi connectivity index (χ2v) is 4.58. The van der Waals surface area contributed by atoms with Gasteiger partial charge in [0.25, 0.3) is 5.91 Å². The predicted molar refractivity (Wildman–Crippen MR) is 81.3 cm³/mol. The molecular weight excluding hydrogens is 285 g/mol. The second kappa shape index (κ2) is 9.13. The molecule has 4 nitrogen and oxygen atoms in total. The van der Waals surface area contributed by atoms with Crippen LogP contribution in [0.15, 0.2) is 24.4 Å². The maximum absolute atomic E-state index is 11.9. The van der Waals surface area contributed by atoms with Crippen LogP contribution in [0.4, 0.5) is 0 Å². The molecule has 108 valence electrons. The van der Waals surface area contributed by atoms with Crippen LogP contribution >= 0.6 is 24.8 Å². The molecule has 1 aliphatic heterocycles. The van der Waals surface area contributed by atoms with E-state index < -0.39 is 0 Å². The molecular formula is C13H21Cl2N3O. The summed E-state index contributed by atoms with van der Waals surface area (Å²) in [6.45, 7) is 4.15. The minimum absolute atomic E-state index is 0. The molecule has 0 radical (unpaired) electrons. The minimum Gasteiger partial charge on any atom is -0.348 e. The predicted octanol–water partition coefficient (Wildman–Crippen LogP) is 2.04. The van der Waals surface area contributed by atoms with E-state index in [-0.39, 0.29) is 36.8 Å². The Hall–Kier alpha value is -0.840. The van der Waals surface area contributed by atoms with Gasteiger partial charge in [0.1, 0.15) is 5.69 Å². The number of rotatable bonds is 3. The molecule has 2 heterocycles. The third-order valence-corrected chi connectivity index (χ3v) is 3.30. The van der Waals surface area contributed by atoms with Gasteiger partial charge in [0, 0.05) is 12.2 Å². The molecule has 1 saturated heterocycles. The van der Waals surface area contributed by atoms with Crippen molar-refractivity contribution >= 4 is 30.7 Å². The van der Waals surface area contributed by atoms with Crippen LogP contribution in [0.3, 0.4) is 0 Å². The lowest BCUT2D eigenvalue weighted by atomic mass is 9.93. The maximum Gasteiger partial charge on any atom is 0.270 e. The molecule has 0 bridgehead atoms. The summed E-state index contributed by atoms with van der Waals surface area (Å²) in [4.78, 5) is 16.0. The number of hydrogen-bond acceptors (Lipinski definition) is 3. The normalized spacial score (nSPS) is 19.5. The van der Waals surface area contributed by atoms with Crippen molar-refractivity contribution in [1.82, 2.24) is 15.6 Å². The lowest BCUT2D eigenvalue weighted by Gasteiger charge is -2.28. The summed E-state index contributed by atoms with van der Waals surface area (Å²) in [5, 5.41) is 6.39. The maximum atomic E-state index is 11.9. The van der Waals surface area contributed by atoms with Crippen LogP contribution in [0.25, 0.3) is 0 Å². The number of hydrogen-bond donors (Lipinski definition) is 2. The molecule has 1 aliphatic rings. The number of carbonyl (C=O) groups excluding carboxylic acids is 1. The summed E-state index contributed by atoms with van der Waals surface area (Å²) in [6.07, 6.45) is 4.01. The fourth-order valence-corrected chi connectivity index (χ4v) is 2.20. The summed E-state index contributed by atoms with van der Waals surface area (Å²) < 4.78 is 0. The summed E-state index contributed by atoms with van der Waals surface area (Å²) in [5.74, 6) is 0.445. The van der Waals surface area contributed by atoms with Crippen molar-refractivity contribution in [3.05, 3.63) is 30.1 Å². The quantitative estimate of drug-likeness (QED) is 0.898. The Bertz CT molecular complexity index is 369. The van der Waals surface area contributed by atoms with Crippen LogP contribution in [0, 0.1) is 5.92 Å². The molecule has 19 heavy (non-hydrogen) atoms. The van der Waals surface area contributed by atoms with Crippen molar-refractivity contribution in [3.63, 3.8) is 0 Å². The molecule has 1 aromatic heterocycles. The molecule has 0 spiro atoms. The molecule has 2 rings (SSSR count). The smallest absolute Gasteiger partial charge is 0.270 e. The average Bonchev–Trinajstić information content (AvgIpc) is 2.40. The monoisotopic (exact) mass is 305 g/mol. The van der Waals surface area contributed by atoms with E-state index in [2.05, 4.69) is 22.5 Å². The van der Waals surface area contributed by atoms with Crippen molar-refractivity contribution < 1.29 is 4.79 Å². The van der Waals surface area contributed by atoms with E-state index in [1.807, 2.05) is 12.1 Å². The van der Waals surface area contributed by atoms with Gasteiger partial charge in [0.2, 0.25) is 0 Å². The molecule has 1 amide bonds. The van der Waals surface area contributed by atoms with Gasteiger partial charge in [0.15, 0.2) is 0 Å². The third kappa shape index (κ3) is 5.35. The third-order valence-electron chi connectivity index (χ3n) is 3.30. The Balaban J connectivity index is 0.00000162. The van der Waals surface area contributed by atoms with E-state index in [1.165, 1.54) is 12.8 Å². The second-order valence-electron chi connectivity index (χ2n) is 4.58. The zero-order valence-corrected chi connectivity index (χ0v) is 12.6.